The number of nitrogens with zero attached hydrogens (tertiary/aromatic N) is 2. The Kier molecular flexibility index (Phi) is 4.46. The molecule has 2 heterocycles. The number of nitrogens with one attached hydrogen (secondary N) is 1. The Morgan fingerprint density at radius 3 is 2.54 bits per heavy atom. The van der Waals surface area contributed by atoms with E-state index in [4.69, 9.17) is 0 Å². The van der Waals surface area contributed by atoms with E-state index in [-0.39, 0.29) is 6.04 Å². The molecule has 2 atom stereocenters. The third-order valence-electron chi connectivity index (χ3n) is 4.98. The Labute approximate surface area is 154 Å². The first kappa shape index (κ1) is 17.1. The molecule has 1 aliphatic rings. The van der Waals surface area contributed by atoms with Crippen LogP contribution in [0.25, 0.3) is 10.9 Å². The number of sulfone groups is 1. The molecule has 1 fully saturated rings. The lowest BCUT2D eigenvalue weighted by atomic mass is 10.0. The first-order valence-electron chi connectivity index (χ1n) is 8.83. The topological polar surface area (TPSA) is 54.3 Å². The number of hydrogen-bond donors (Lipinski definition) is 1. The number of rotatable bonds is 4. The summed E-state index contributed by atoms with van der Waals surface area (Å²) in [6.07, 6.45) is 3.98. The molecule has 1 aliphatic heterocycles. The molecule has 0 amide bonds. The summed E-state index contributed by atoms with van der Waals surface area (Å²) in [6, 6.07) is 20.0. The molecule has 1 saturated heterocycles. The second-order valence-electron chi connectivity index (χ2n) is 6.85. The number of hydrogen-bond acceptors (Lipinski definition) is 4. The van der Waals surface area contributed by atoms with Crippen LogP contribution >= 0.6 is 0 Å². The highest BCUT2D eigenvalue weighted by Gasteiger charge is 2.39. The minimum atomic E-state index is -3.30. The normalized spacial score (nSPS) is 21.2. The van der Waals surface area contributed by atoms with Crippen LogP contribution in [0.3, 0.4) is 0 Å². The van der Waals surface area contributed by atoms with Gasteiger partial charge in [-0.25, -0.2) is 8.42 Å². The van der Waals surface area contributed by atoms with Crippen LogP contribution in [0.4, 0.5) is 0 Å². The van der Waals surface area contributed by atoms with Gasteiger partial charge >= 0.3 is 0 Å². The molecule has 0 saturated carbocycles. The van der Waals surface area contributed by atoms with Gasteiger partial charge in [0.05, 0.1) is 5.52 Å². The van der Waals surface area contributed by atoms with Gasteiger partial charge in [0, 0.05) is 37.0 Å². The van der Waals surface area contributed by atoms with Crippen LogP contribution < -0.4 is 10.3 Å². The van der Waals surface area contributed by atoms with Gasteiger partial charge in [-0.05, 0) is 24.1 Å². The summed E-state index contributed by atoms with van der Waals surface area (Å²) in [5, 5.41) is 5.91. The SMILES string of the molecule is CS(=O)(=O)C1C(Cc2ccccc2)NCCN1n1ccc2ccccc21. The molecule has 2 unspecified atom stereocenters. The summed E-state index contributed by atoms with van der Waals surface area (Å²) in [6.45, 7) is 1.39. The second kappa shape index (κ2) is 6.78. The Morgan fingerprint density at radius 1 is 1.04 bits per heavy atom. The molecule has 0 bridgehead atoms. The molecule has 26 heavy (non-hydrogen) atoms. The van der Waals surface area contributed by atoms with Crippen LogP contribution in [0.5, 0.6) is 0 Å². The Hall–Kier alpha value is -2.31. The van der Waals surface area contributed by atoms with Crippen molar-refractivity contribution >= 4 is 20.7 Å². The van der Waals surface area contributed by atoms with E-state index in [1.54, 1.807) is 0 Å². The van der Waals surface area contributed by atoms with Crippen LogP contribution in [0.15, 0.2) is 66.9 Å². The summed E-state index contributed by atoms with van der Waals surface area (Å²) in [7, 11) is -3.30. The van der Waals surface area contributed by atoms with Crippen molar-refractivity contribution < 1.29 is 8.42 Å². The predicted molar refractivity (Wildman–Crippen MR) is 106 cm³/mol. The summed E-state index contributed by atoms with van der Waals surface area (Å²) >= 11 is 0. The lowest BCUT2D eigenvalue weighted by Gasteiger charge is -2.42. The average molecular weight is 369 g/mol. The van der Waals surface area contributed by atoms with Crippen molar-refractivity contribution in [2.45, 2.75) is 17.8 Å². The largest absolute Gasteiger partial charge is 0.309 e. The minimum absolute atomic E-state index is 0.165. The molecule has 0 spiro atoms. The maximum atomic E-state index is 12.7. The molecule has 0 radical (unpaired) electrons. The van der Waals surface area contributed by atoms with Crippen molar-refractivity contribution in [3.63, 3.8) is 0 Å². The molecule has 1 N–H and O–H groups in total. The molecular weight excluding hydrogens is 346 g/mol. The molecule has 6 heteroatoms. The van der Waals surface area contributed by atoms with E-state index in [9.17, 15) is 8.42 Å². The van der Waals surface area contributed by atoms with Crippen molar-refractivity contribution in [1.29, 1.82) is 0 Å². The van der Waals surface area contributed by atoms with Gasteiger partial charge in [-0.1, -0.05) is 48.5 Å². The van der Waals surface area contributed by atoms with Gasteiger partial charge in [-0.15, -0.1) is 0 Å². The van der Waals surface area contributed by atoms with Crippen LogP contribution in [0, 0.1) is 0 Å². The van der Waals surface area contributed by atoms with Gasteiger partial charge in [0.1, 0.15) is 0 Å². The van der Waals surface area contributed by atoms with E-state index >= 15 is 0 Å². The summed E-state index contributed by atoms with van der Waals surface area (Å²) < 4.78 is 27.5. The fraction of sp³-hybridized carbons (Fsp3) is 0.300. The molecule has 3 aromatic rings. The molecular formula is C20H23N3O2S. The highest BCUT2D eigenvalue weighted by molar-refractivity contribution is 7.91. The van der Waals surface area contributed by atoms with E-state index in [1.165, 1.54) is 6.26 Å². The van der Waals surface area contributed by atoms with Crippen LogP contribution in [0.1, 0.15) is 5.56 Å². The lowest BCUT2D eigenvalue weighted by molar-refractivity contribution is 0.368. The van der Waals surface area contributed by atoms with Gasteiger partial charge in [-0.3, -0.25) is 9.69 Å². The van der Waals surface area contributed by atoms with Crippen molar-refractivity contribution in [3.8, 4) is 0 Å². The predicted octanol–water partition coefficient (Wildman–Crippen LogP) is 2.16. The molecule has 136 valence electrons. The third kappa shape index (κ3) is 3.22. The van der Waals surface area contributed by atoms with Gasteiger partial charge in [-0.2, -0.15) is 0 Å². The van der Waals surface area contributed by atoms with Crippen LogP contribution in [-0.4, -0.2) is 43.9 Å². The number of piperazine rings is 1. The Bertz CT molecular complexity index is 998. The standard InChI is InChI=1S/C20H23N3O2S/c1-26(24,25)20-18(15-16-7-3-2-4-8-16)21-12-14-23(20)22-13-11-17-9-5-6-10-19(17)22/h2-11,13,18,20-21H,12,14-15H2,1H3. The third-order valence-corrected chi connectivity index (χ3v) is 6.43. The van der Waals surface area contributed by atoms with Crippen molar-refractivity contribution in [3.05, 3.63) is 72.4 Å². The Balaban J connectivity index is 1.74. The molecule has 0 aliphatic carbocycles. The quantitative estimate of drug-likeness (QED) is 0.766. The molecule has 1 aromatic heterocycles. The average Bonchev–Trinajstić information content (AvgIpc) is 3.05. The first-order chi connectivity index (χ1) is 12.5. The summed E-state index contributed by atoms with van der Waals surface area (Å²) in [4.78, 5) is 0. The molecule has 4 rings (SSSR count). The number of benzene rings is 2. The molecule has 5 nitrogen and oxygen atoms in total. The fourth-order valence-electron chi connectivity index (χ4n) is 3.88. The van der Waals surface area contributed by atoms with Crippen molar-refractivity contribution in [2.75, 3.05) is 24.4 Å². The van der Waals surface area contributed by atoms with Crippen LogP contribution in [-0.2, 0) is 16.3 Å². The maximum Gasteiger partial charge on any atom is 0.171 e. The van der Waals surface area contributed by atoms with Crippen molar-refractivity contribution in [1.82, 2.24) is 9.99 Å². The van der Waals surface area contributed by atoms with E-state index in [0.29, 0.717) is 13.0 Å². The minimum Gasteiger partial charge on any atom is -0.309 e. The monoisotopic (exact) mass is 369 g/mol. The van der Waals surface area contributed by atoms with Gasteiger partial charge in [0.15, 0.2) is 15.2 Å². The summed E-state index contributed by atoms with van der Waals surface area (Å²) in [5.74, 6) is 0. The fourth-order valence-corrected chi connectivity index (χ4v) is 5.32. The second-order valence-corrected chi connectivity index (χ2v) is 8.99. The zero-order chi connectivity index (χ0) is 18.1. The van der Waals surface area contributed by atoms with Gasteiger partial charge < -0.3 is 5.32 Å². The smallest absolute Gasteiger partial charge is 0.171 e. The Morgan fingerprint density at radius 2 is 1.77 bits per heavy atom. The van der Waals surface area contributed by atoms with E-state index < -0.39 is 15.2 Å². The maximum absolute atomic E-state index is 12.7. The summed E-state index contributed by atoms with van der Waals surface area (Å²) in [5.41, 5.74) is 2.17. The molecule has 2 aromatic carbocycles. The zero-order valence-electron chi connectivity index (χ0n) is 14.7. The number of fused-ring (bicyclic) bond motifs is 1. The van der Waals surface area contributed by atoms with E-state index in [1.807, 2.05) is 76.5 Å². The number of para-hydroxylation sites is 1. The first-order valence-corrected chi connectivity index (χ1v) is 10.8. The lowest BCUT2D eigenvalue weighted by Crippen LogP contribution is -2.64. The van der Waals surface area contributed by atoms with Gasteiger partial charge in [0.2, 0.25) is 0 Å². The van der Waals surface area contributed by atoms with E-state index in [2.05, 4.69) is 5.32 Å². The van der Waals surface area contributed by atoms with Crippen LogP contribution in [0.2, 0.25) is 0 Å². The highest BCUT2D eigenvalue weighted by Crippen LogP contribution is 2.22. The van der Waals surface area contributed by atoms with Crippen molar-refractivity contribution in [2.24, 2.45) is 0 Å². The zero-order valence-corrected chi connectivity index (χ0v) is 15.6. The number of aromatic nitrogens is 1. The van der Waals surface area contributed by atoms with Gasteiger partial charge in [0.25, 0.3) is 0 Å². The highest BCUT2D eigenvalue weighted by atomic mass is 32.2. The van der Waals surface area contributed by atoms with E-state index in [0.717, 1.165) is 23.0 Å².